The molecule has 3 aromatic carbocycles. The molecule has 0 saturated heterocycles. The van der Waals surface area contributed by atoms with E-state index in [0.29, 0.717) is 0 Å². The van der Waals surface area contributed by atoms with Crippen LogP contribution >= 0.6 is 0 Å². The third kappa shape index (κ3) is 1.48. The Morgan fingerprint density at radius 1 is 0.737 bits per heavy atom. The van der Waals surface area contributed by atoms with Crippen molar-refractivity contribution in [2.75, 3.05) is 0 Å². The van der Waals surface area contributed by atoms with Gasteiger partial charge in [-0.3, -0.25) is 0 Å². The molecule has 0 saturated carbocycles. The second kappa shape index (κ2) is 3.61. The molecular formula is C18H14O. The van der Waals surface area contributed by atoms with E-state index in [1.807, 2.05) is 0 Å². The zero-order chi connectivity index (χ0) is 13.0. The maximum absolute atomic E-state index is 5.96. The summed E-state index contributed by atoms with van der Waals surface area (Å²) < 4.78 is 5.96. The molecule has 1 heterocycles. The van der Waals surface area contributed by atoms with Crippen molar-refractivity contribution in [1.29, 1.82) is 0 Å². The summed E-state index contributed by atoms with van der Waals surface area (Å²) >= 11 is 0. The normalized spacial score (nSPS) is 11.7. The van der Waals surface area contributed by atoms with Crippen molar-refractivity contribution in [2.45, 2.75) is 13.8 Å². The van der Waals surface area contributed by atoms with Crippen molar-refractivity contribution in [3.63, 3.8) is 0 Å². The Hall–Kier alpha value is -2.28. The van der Waals surface area contributed by atoms with Crippen LogP contribution in [0.15, 0.2) is 52.9 Å². The second-order valence-corrected chi connectivity index (χ2v) is 5.25. The van der Waals surface area contributed by atoms with Gasteiger partial charge in [0.25, 0.3) is 0 Å². The fourth-order valence-corrected chi connectivity index (χ4v) is 2.82. The third-order valence-electron chi connectivity index (χ3n) is 3.84. The fourth-order valence-electron chi connectivity index (χ4n) is 2.82. The van der Waals surface area contributed by atoms with Gasteiger partial charge >= 0.3 is 0 Å². The summed E-state index contributed by atoms with van der Waals surface area (Å²) in [5.41, 5.74) is 4.51. The first-order chi connectivity index (χ1) is 9.22. The average molecular weight is 246 g/mol. The Bertz CT molecular complexity index is 929. The number of hydrogen-bond acceptors (Lipinski definition) is 1. The van der Waals surface area contributed by atoms with Gasteiger partial charge in [-0.15, -0.1) is 0 Å². The van der Waals surface area contributed by atoms with E-state index in [4.69, 9.17) is 4.42 Å². The molecule has 1 aromatic heterocycles. The van der Waals surface area contributed by atoms with E-state index in [9.17, 15) is 0 Å². The zero-order valence-electron chi connectivity index (χ0n) is 11.0. The highest BCUT2D eigenvalue weighted by Gasteiger charge is 2.09. The maximum Gasteiger partial charge on any atom is 0.136 e. The minimum Gasteiger partial charge on any atom is -0.456 e. The van der Waals surface area contributed by atoms with Crippen molar-refractivity contribution < 1.29 is 4.42 Å². The molecule has 0 bridgehead atoms. The monoisotopic (exact) mass is 246 g/mol. The summed E-state index contributed by atoms with van der Waals surface area (Å²) in [7, 11) is 0. The molecule has 1 nitrogen and oxygen atoms in total. The van der Waals surface area contributed by atoms with Gasteiger partial charge in [0.05, 0.1) is 0 Å². The van der Waals surface area contributed by atoms with E-state index in [-0.39, 0.29) is 0 Å². The molecule has 4 aromatic rings. The molecule has 0 aliphatic carbocycles. The Kier molecular flexibility index (Phi) is 2.02. The molecule has 0 fully saturated rings. The van der Waals surface area contributed by atoms with Crippen molar-refractivity contribution in [3.05, 3.63) is 59.7 Å². The summed E-state index contributed by atoms with van der Waals surface area (Å²) in [5.74, 6) is 0. The molecule has 0 amide bonds. The Morgan fingerprint density at radius 2 is 1.58 bits per heavy atom. The second-order valence-electron chi connectivity index (χ2n) is 5.25. The number of furan rings is 1. The standard InChI is InChI=1S/C18H14O/c1-11-6-7-17-15(8-11)16-10-14-12(2)4-3-5-13(14)9-18(16)19-17/h3-10H,1-2H3. The average Bonchev–Trinajstić information content (AvgIpc) is 2.74. The van der Waals surface area contributed by atoms with Crippen LogP contribution < -0.4 is 0 Å². The minimum atomic E-state index is 0.966. The van der Waals surface area contributed by atoms with E-state index in [0.717, 1.165) is 11.2 Å². The van der Waals surface area contributed by atoms with Crippen LogP contribution in [0.1, 0.15) is 11.1 Å². The molecule has 0 aliphatic rings. The molecule has 1 heteroatoms. The lowest BCUT2D eigenvalue weighted by molar-refractivity contribution is 0.669. The van der Waals surface area contributed by atoms with Gasteiger partial charge in [-0.25, -0.2) is 0 Å². The molecule has 0 N–H and O–H groups in total. The Balaban J connectivity index is 2.25. The van der Waals surface area contributed by atoms with Crippen molar-refractivity contribution in [1.82, 2.24) is 0 Å². The minimum absolute atomic E-state index is 0.966. The fraction of sp³-hybridized carbons (Fsp3) is 0.111. The van der Waals surface area contributed by atoms with Crippen LogP contribution in [0.2, 0.25) is 0 Å². The summed E-state index contributed by atoms with van der Waals surface area (Å²) in [6.45, 7) is 4.27. The van der Waals surface area contributed by atoms with E-state index < -0.39 is 0 Å². The molecule has 0 radical (unpaired) electrons. The van der Waals surface area contributed by atoms with Crippen LogP contribution in [0.4, 0.5) is 0 Å². The highest BCUT2D eigenvalue weighted by atomic mass is 16.3. The lowest BCUT2D eigenvalue weighted by Gasteiger charge is -2.01. The van der Waals surface area contributed by atoms with Crippen LogP contribution in [0.25, 0.3) is 32.7 Å². The molecule has 92 valence electrons. The van der Waals surface area contributed by atoms with Crippen LogP contribution in [0.3, 0.4) is 0 Å². The summed E-state index contributed by atoms with van der Waals surface area (Å²) in [4.78, 5) is 0. The van der Waals surface area contributed by atoms with Crippen LogP contribution in [-0.4, -0.2) is 0 Å². The lowest BCUT2D eigenvalue weighted by Crippen LogP contribution is -1.78. The van der Waals surface area contributed by atoms with Crippen molar-refractivity contribution in [2.24, 2.45) is 0 Å². The van der Waals surface area contributed by atoms with E-state index in [1.165, 1.54) is 32.7 Å². The molecular weight excluding hydrogens is 232 g/mol. The zero-order valence-corrected chi connectivity index (χ0v) is 11.0. The maximum atomic E-state index is 5.96. The SMILES string of the molecule is Cc1ccc2oc3cc4cccc(C)c4cc3c2c1. The van der Waals surface area contributed by atoms with Crippen molar-refractivity contribution >= 4 is 32.7 Å². The van der Waals surface area contributed by atoms with Crippen LogP contribution in [0.5, 0.6) is 0 Å². The van der Waals surface area contributed by atoms with E-state index in [2.05, 4.69) is 62.4 Å². The molecule has 0 atom stereocenters. The Morgan fingerprint density at radius 3 is 2.47 bits per heavy atom. The summed E-state index contributed by atoms with van der Waals surface area (Å²) in [6, 6.07) is 17.1. The smallest absolute Gasteiger partial charge is 0.136 e. The quantitative estimate of drug-likeness (QED) is 0.407. The lowest BCUT2D eigenvalue weighted by atomic mass is 10.0. The highest BCUT2D eigenvalue weighted by molar-refractivity contribution is 6.10. The van der Waals surface area contributed by atoms with Gasteiger partial charge in [0, 0.05) is 10.8 Å². The Labute approximate surface area is 111 Å². The number of rotatable bonds is 0. The molecule has 0 unspecified atom stereocenters. The topological polar surface area (TPSA) is 13.1 Å². The molecule has 19 heavy (non-hydrogen) atoms. The largest absolute Gasteiger partial charge is 0.456 e. The van der Waals surface area contributed by atoms with Gasteiger partial charge < -0.3 is 4.42 Å². The van der Waals surface area contributed by atoms with Gasteiger partial charge in [0.1, 0.15) is 11.2 Å². The number of benzene rings is 3. The van der Waals surface area contributed by atoms with E-state index >= 15 is 0 Å². The van der Waals surface area contributed by atoms with Crippen LogP contribution in [-0.2, 0) is 0 Å². The van der Waals surface area contributed by atoms with Gasteiger partial charge in [-0.05, 0) is 54.4 Å². The number of hydrogen-bond donors (Lipinski definition) is 0. The first-order valence-electron chi connectivity index (χ1n) is 6.54. The van der Waals surface area contributed by atoms with Gasteiger partial charge in [-0.2, -0.15) is 0 Å². The third-order valence-corrected chi connectivity index (χ3v) is 3.84. The first kappa shape index (κ1) is 10.6. The predicted octanol–water partition coefficient (Wildman–Crippen LogP) is 5.36. The molecule has 0 aliphatic heterocycles. The van der Waals surface area contributed by atoms with Crippen molar-refractivity contribution in [3.8, 4) is 0 Å². The van der Waals surface area contributed by atoms with Gasteiger partial charge in [0.2, 0.25) is 0 Å². The molecule has 4 rings (SSSR count). The van der Waals surface area contributed by atoms with Gasteiger partial charge in [0.15, 0.2) is 0 Å². The van der Waals surface area contributed by atoms with Gasteiger partial charge in [-0.1, -0.05) is 29.8 Å². The first-order valence-corrected chi connectivity index (χ1v) is 6.54. The number of fused-ring (bicyclic) bond motifs is 4. The van der Waals surface area contributed by atoms with E-state index in [1.54, 1.807) is 0 Å². The number of aryl methyl sites for hydroxylation is 2. The van der Waals surface area contributed by atoms with Crippen LogP contribution in [0, 0.1) is 13.8 Å². The summed E-state index contributed by atoms with van der Waals surface area (Å²) in [6.07, 6.45) is 0. The molecule has 0 spiro atoms. The summed E-state index contributed by atoms with van der Waals surface area (Å²) in [5, 5.41) is 4.96. The predicted molar refractivity (Wildman–Crippen MR) is 80.7 cm³/mol. The highest BCUT2D eigenvalue weighted by Crippen LogP contribution is 2.33.